The summed E-state index contributed by atoms with van der Waals surface area (Å²) in [4.78, 5) is 0. The van der Waals surface area contributed by atoms with Crippen molar-refractivity contribution in [1.82, 2.24) is 18.3 Å². The van der Waals surface area contributed by atoms with Crippen molar-refractivity contribution >= 4 is 87.2 Å². The molecule has 4 heterocycles. The number of nitrogens with zero attached hydrogens (tertiary/aromatic N) is 7. The Morgan fingerprint density at radius 1 is 0.289 bits per heavy atom. The number of aromatic nitrogens is 4. The van der Waals surface area contributed by atoms with Crippen LogP contribution in [-0.4, -0.2) is 18.3 Å². The van der Waals surface area contributed by atoms with Crippen molar-refractivity contribution in [3.05, 3.63) is 253 Å². The van der Waals surface area contributed by atoms with E-state index in [2.05, 4.69) is 249 Å². The lowest BCUT2D eigenvalue weighted by atomic mass is 9.90. The monoisotopic (exact) mass is 965 g/mol. The molecule has 0 aliphatic heterocycles. The molecule has 350 valence electrons. The number of rotatable bonds is 6. The molecule has 7 nitrogen and oxygen atoms in total. The number of hydrogen-bond donors (Lipinski definition) is 0. The minimum absolute atomic E-state index is 0.321. The van der Waals surface area contributed by atoms with Crippen LogP contribution >= 0.6 is 0 Å². The van der Waals surface area contributed by atoms with E-state index in [1.54, 1.807) is 12.1 Å². The van der Waals surface area contributed by atoms with Gasteiger partial charge in [0.05, 0.1) is 84.0 Å². The lowest BCUT2D eigenvalue weighted by Crippen LogP contribution is -2.15. The Morgan fingerprint density at radius 2 is 0.684 bits per heavy atom. The second-order valence-electron chi connectivity index (χ2n) is 19.3. The summed E-state index contributed by atoms with van der Waals surface area (Å²) in [5.41, 5.74) is 14.8. The highest BCUT2D eigenvalue weighted by molar-refractivity contribution is 6.30. The number of benzene rings is 11. The van der Waals surface area contributed by atoms with Gasteiger partial charge in [0, 0.05) is 59.9 Å². The van der Waals surface area contributed by atoms with Crippen LogP contribution in [0.1, 0.15) is 16.7 Å². The molecule has 11 aromatic carbocycles. The SMILES string of the molecule is N#Cc1ccc(-c2c(C#N)c(-n3c4ccccc4c4ccccc43)c(-n3c4ccccc4c4cc(-c5ccccc5)c5c(c6ccccc6n5-c5ccccc5)c43)c(-n3c4ccccc4c4ccccc43)c2C#N)cc1. The predicted octanol–water partition coefficient (Wildman–Crippen LogP) is 17.0. The van der Waals surface area contributed by atoms with Crippen molar-refractivity contribution < 1.29 is 0 Å². The molecule has 0 N–H and O–H groups in total. The molecule has 0 aliphatic carbocycles. The summed E-state index contributed by atoms with van der Waals surface area (Å²) in [5, 5.41) is 42.9. The predicted molar refractivity (Wildman–Crippen MR) is 309 cm³/mol. The van der Waals surface area contributed by atoms with E-state index in [1.165, 1.54) is 0 Å². The highest BCUT2D eigenvalue weighted by atomic mass is 15.1. The van der Waals surface area contributed by atoms with Gasteiger partial charge in [0.25, 0.3) is 0 Å². The Kier molecular flexibility index (Phi) is 9.32. The standard InChI is InChI=1S/C69H39N7/c70-40-43-35-37-45(38-36-43)63-55(41-71)67(74-57-29-13-7-23-47(57)48-24-8-14-30-58(48)74)69(68(56(63)42-72)75-59-31-15-9-25-49(59)50-26-10-16-32-60(50)75)76-61-33-17-11-27-51(61)54-39-53(44-19-3-1-4-20-44)65-64(66(54)76)52-28-12-18-34-62(52)73(65)46-21-5-2-6-22-46/h1-39H. The summed E-state index contributed by atoms with van der Waals surface area (Å²) in [7, 11) is 0. The maximum atomic E-state index is 12.3. The van der Waals surface area contributed by atoms with E-state index >= 15 is 0 Å². The molecule has 4 aromatic heterocycles. The van der Waals surface area contributed by atoms with Crippen LogP contribution in [0, 0.1) is 34.0 Å². The first-order chi connectivity index (χ1) is 37.7. The third kappa shape index (κ3) is 5.90. The van der Waals surface area contributed by atoms with Gasteiger partial charge in [-0.1, -0.05) is 170 Å². The van der Waals surface area contributed by atoms with Gasteiger partial charge in [-0.2, -0.15) is 15.8 Å². The third-order valence-corrected chi connectivity index (χ3v) is 15.4. The Balaban J connectivity index is 1.29. The maximum absolute atomic E-state index is 12.3. The molecule has 0 fully saturated rings. The molecule has 0 radical (unpaired) electrons. The number of para-hydroxylation sites is 7. The molecule has 15 aromatic rings. The number of fused-ring (bicyclic) bond motifs is 13. The summed E-state index contributed by atoms with van der Waals surface area (Å²) in [6.45, 7) is 0. The summed E-state index contributed by atoms with van der Waals surface area (Å²) in [6.07, 6.45) is 0. The topological polar surface area (TPSA) is 91.1 Å². The van der Waals surface area contributed by atoms with E-state index < -0.39 is 0 Å². The highest BCUT2D eigenvalue weighted by Gasteiger charge is 2.34. The fourth-order valence-corrected chi connectivity index (χ4v) is 12.4. The molecule has 0 atom stereocenters. The van der Waals surface area contributed by atoms with Gasteiger partial charge in [0.2, 0.25) is 0 Å². The van der Waals surface area contributed by atoms with E-state index in [-0.39, 0.29) is 0 Å². The van der Waals surface area contributed by atoms with Gasteiger partial charge in [-0.05, 0) is 77.9 Å². The third-order valence-electron chi connectivity index (χ3n) is 15.4. The Bertz CT molecular complexity index is 4810. The van der Waals surface area contributed by atoms with Crippen LogP contribution in [-0.2, 0) is 0 Å². The van der Waals surface area contributed by atoms with Gasteiger partial charge < -0.3 is 18.3 Å². The first kappa shape index (κ1) is 42.7. The van der Waals surface area contributed by atoms with Gasteiger partial charge in [0.1, 0.15) is 12.1 Å². The van der Waals surface area contributed by atoms with Crippen LogP contribution in [0.15, 0.2) is 237 Å². The van der Waals surface area contributed by atoms with E-state index in [1.807, 2.05) is 12.1 Å². The van der Waals surface area contributed by atoms with Crippen molar-refractivity contribution in [3.8, 4) is 63.2 Å². The molecule has 7 heteroatoms. The van der Waals surface area contributed by atoms with Gasteiger partial charge in [-0.25, -0.2) is 0 Å². The molecule has 0 bridgehead atoms. The summed E-state index contributed by atoms with van der Waals surface area (Å²) < 4.78 is 9.29. The van der Waals surface area contributed by atoms with Crippen LogP contribution in [0.25, 0.3) is 132 Å². The number of nitriles is 3. The van der Waals surface area contributed by atoms with Crippen LogP contribution in [0.5, 0.6) is 0 Å². The quantitative estimate of drug-likeness (QED) is 0.166. The first-order valence-electron chi connectivity index (χ1n) is 25.3. The molecule has 0 spiro atoms. The average molecular weight is 966 g/mol. The Hall–Kier alpha value is -10.9. The lowest BCUT2D eigenvalue weighted by molar-refractivity contribution is 1.04. The van der Waals surface area contributed by atoms with Crippen molar-refractivity contribution in [3.63, 3.8) is 0 Å². The molecule has 15 rings (SSSR count). The van der Waals surface area contributed by atoms with Crippen molar-refractivity contribution in [2.45, 2.75) is 0 Å². The molecule has 76 heavy (non-hydrogen) atoms. The van der Waals surface area contributed by atoms with Crippen molar-refractivity contribution in [2.24, 2.45) is 0 Å². The first-order valence-corrected chi connectivity index (χ1v) is 25.3. The zero-order valence-corrected chi connectivity index (χ0v) is 40.6. The summed E-state index contributed by atoms with van der Waals surface area (Å²) in [5.74, 6) is 0. The van der Waals surface area contributed by atoms with E-state index in [0.29, 0.717) is 44.9 Å². The van der Waals surface area contributed by atoms with Crippen molar-refractivity contribution in [1.29, 1.82) is 15.8 Å². The second-order valence-corrected chi connectivity index (χ2v) is 19.3. The number of hydrogen-bond acceptors (Lipinski definition) is 3. The fraction of sp³-hybridized carbons (Fsp3) is 0. The largest absolute Gasteiger partial charge is 0.309 e. The van der Waals surface area contributed by atoms with Crippen LogP contribution in [0.4, 0.5) is 0 Å². The van der Waals surface area contributed by atoms with Gasteiger partial charge in [-0.15, -0.1) is 0 Å². The van der Waals surface area contributed by atoms with Crippen LogP contribution in [0.2, 0.25) is 0 Å². The Labute approximate surface area is 435 Å². The molecule has 0 aliphatic rings. The second kappa shape index (κ2) is 16.6. The molecule has 0 saturated carbocycles. The van der Waals surface area contributed by atoms with E-state index in [9.17, 15) is 15.8 Å². The highest BCUT2D eigenvalue weighted by Crippen LogP contribution is 2.52. The fourth-order valence-electron chi connectivity index (χ4n) is 12.4. The maximum Gasteiger partial charge on any atom is 0.102 e. The van der Waals surface area contributed by atoms with Crippen LogP contribution < -0.4 is 0 Å². The van der Waals surface area contributed by atoms with Crippen molar-refractivity contribution in [2.75, 3.05) is 0 Å². The summed E-state index contributed by atoms with van der Waals surface area (Å²) >= 11 is 0. The van der Waals surface area contributed by atoms with E-state index in [4.69, 9.17) is 0 Å². The minimum atomic E-state index is 0.321. The summed E-state index contributed by atoms with van der Waals surface area (Å²) in [6, 6.07) is 89.5. The molecule has 0 unspecified atom stereocenters. The molecule has 0 amide bonds. The zero-order valence-electron chi connectivity index (χ0n) is 40.6. The normalized spacial score (nSPS) is 11.6. The Morgan fingerprint density at radius 3 is 1.14 bits per heavy atom. The van der Waals surface area contributed by atoms with Gasteiger partial charge in [-0.3, -0.25) is 0 Å². The smallest absolute Gasteiger partial charge is 0.102 e. The zero-order chi connectivity index (χ0) is 50.6. The lowest BCUT2D eigenvalue weighted by Gasteiger charge is -2.27. The average Bonchev–Trinajstić information content (AvgIpc) is 4.34. The molecular weight excluding hydrogens is 927 g/mol. The van der Waals surface area contributed by atoms with Gasteiger partial charge >= 0.3 is 0 Å². The molecule has 0 saturated heterocycles. The minimum Gasteiger partial charge on any atom is -0.309 e. The molecular formula is C69H39N7. The van der Waals surface area contributed by atoms with E-state index in [0.717, 1.165) is 104 Å². The van der Waals surface area contributed by atoms with Crippen LogP contribution in [0.3, 0.4) is 0 Å². The van der Waals surface area contributed by atoms with Gasteiger partial charge in [0.15, 0.2) is 0 Å².